The molecule has 0 amide bonds. The summed E-state index contributed by atoms with van der Waals surface area (Å²) < 4.78 is 60.8. The topological polar surface area (TPSA) is 231 Å². The first-order valence-electron chi connectivity index (χ1n) is 36.5. The average molecular weight is 1350 g/mol. The summed E-state index contributed by atoms with van der Waals surface area (Å²) in [5.41, 5.74) is 0. The molecular weight excluding hydrogens is 1220 g/mol. The molecule has 0 spiro atoms. The van der Waals surface area contributed by atoms with Crippen molar-refractivity contribution in [2.75, 3.05) is 39.6 Å². The number of hydrogen-bond acceptors (Lipinski definition) is 14. The number of carbonyl (C=O) groups is 3. The number of phosphoric ester groups is 2. The second-order valence-electron chi connectivity index (χ2n) is 24.4. The van der Waals surface area contributed by atoms with E-state index in [2.05, 4.69) is 118 Å². The first-order chi connectivity index (χ1) is 45.2. The quantitative estimate of drug-likeness (QED) is 0.0146. The number of phosphoric acid groups is 2. The summed E-state index contributed by atoms with van der Waals surface area (Å²) in [7, 11) is -9.77. The molecule has 0 heterocycles. The highest BCUT2D eigenvalue weighted by Gasteiger charge is 2.29. The summed E-state index contributed by atoms with van der Waals surface area (Å²) in [5, 5.41) is 20.6. The number of unbranched alkanes of at least 4 members (excludes halogenated alkanes) is 30. The molecule has 18 heteroatoms. The lowest BCUT2D eigenvalue weighted by atomic mass is 10.0. The lowest BCUT2D eigenvalue weighted by Crippen LogP contribution is -2.30. The highest BCUT2D eigenvalue weighted by atomic mass is 31.2. The Labute approximate surface area is 565 Å². The average Bonchev–Trinajstić information content (AvgIpc) is 3.07. The molecule has 0 saturated heterocycles. The largest absolute Gasteiger partial charge is 0.472 e. The van der Waals surface area contributed by atoms with Crippen molar-refractivity contribution in [3.8, 4) is 0 Å². The van der Waals surface area contributed by atoms with E-state index in [4.69, 9.17) is 32.3 Å². The summed E-state index contributed by atoms with van der Waals surface area (Å²) >= 11 is 0. The Morgan fingerprint density at radius 2 is 0.581 bits per heavy atom. The molecular formula is C75H132O16P2. The summed E-state index contributed by atoms with van der Waals surface area (Å²) in [6.07, 6.45) is 76.4. The summed E-state index contributed by atoms with van der Waals surface area (Å²) in [6.45, 7) is 2.49. The summed E-state index contributed by atoms with van der Waals surface area (Å²) in [6, 6.07) is 0. The van der Waals surface area contributed by atoms with Gasteiger partial charge < -0.3 is 34.2 Å². The van der Waals surface area contributed by atoms with Crippen molar-refractivity contribution in [2.24, 2.45) is 0 Å². The van der Waals surface area contributed by atoms with Gasteiger partial charge in [0.2, 0.25) is 0 Å². The Bertz CT molecular complexity index is 2080. The van der Waals surface area contributed by atoms with Gasteiger partial charge in [-0.05, 0) is 116 Å². The van der Waals surface area contributed by atoms with Crippen molar-refractivity contribution in [3.05, 3.63) is 97.2 Å². The van der Waals surface area contributed by atoms with Crippen molar-refractivity contribution < 1.29 is 75.8 Å². The number of aliphatic hydroxyl groups is 2. The van der Waals surface area contributed by atoms with Crippen LogP contribution in [-0.4, -0.2) is 95.9 Å². The van der Waals surface area contributed by atoms with Crippen LogP contribution < -0.4 is 0 Å². The van der Waals surface area contributed by atoms with Gasteiger partial charge in [0.15, 0.2) is 6.10 Å². The molecule has 0 fully saturated rings. The van der Waals surface area contributed by atoms with Crippen LogP contribution in [0.3, 0.4) is 0 Å². The minimum absolute atomic E-state index is 0.0943. The fourth-order valence-corrected chi connectivity index (χ4v) is 11.3. The van der Waals surface area contributed by atoms with E-state index in [0.29, 0.717) is 19.3 Å². The predicted octanol–water partition coefficient (Wildman–Crippen LogP) is 20.6. The molecule has 0 aliphatic heterocycles. The van der Waals surface area contributed by atoms with Crippen LogP contribution >= 0.6 is 15.6 Å². The molecule has 93 heavy (non-hydrogen) atoms. The van der Waals surface area contributed by atoms with Gasteiger partial charge in [0.05, 0.1) is 26.4 Å². The Morgan fingerprint density at radius 3 is 0.946 bits per heavy atom. The van der Waals surface area contributed by atoms with E-state index < -0.39 is 91.5 Å². The Hall–Kier alpha value is -3.53. The maximum Gasteiger partial charge on any atom is 0.472 e. The molecule has 0 rings (SSSR count). The zero-order chi connectivity index (χ0) is 68.1. The van der Waals surface area contributed by atoms with Gasteiger partial charge in [0, 0.05) is 19.3 Å². The van der Waals surface area contributed by atoms with Crippen LogP contribution in [0, 0.1) is 0 Å². The Balaban J connectivity index is 4.31. The molecule has 16 nitrogen and oxygen atoms in total. The molecule has 5 unspecified atom stereocenters. The molecule has 0 bridgehead atoms. The molecule has 0 saturated carbocycles. The first kappa shape index (κ1) is 89.5. The van der Waals surface area contributed by atoms with Crippen LogP contribution in [0.25, 0.3) is 0 Å². The third kappa shape index (κ3) is 69.6. The van der Waals surface area contributed by atoms with Crippen molar-refractivity contribution in [1.29, 1.82) is 0 Å². The minimum Gasteiger partial charge on any atom is -0.463 e. The van der Waals surface area contributed by atoms with Gasteiger partial charge in [0.1, 0.15) is 25.4 Å². The van der Waals surface area contributed by atoms with E-state index in [1.54, 1.807) is 0 Å². The van der Waals surface area contributed by atoms with Crippen LogP contribution in [0.5, 0.6) is 0 Å². The van der Waals surface area contributed by atoms with E-state index in [1.165, 1.54) is 103 Å². The highest BCUT2D eigenvalue weighted by Crippen LogP contribution is 2.45. The van der Waals surface area contributed by atoms with E-state index in [1.807, 2.05) is 0 Å². The molecule has 0 aromatic heterocycles. The van der Waals surface area contributed by atoms with Crippen LogP contribution in [0.15, 0.2) is 97.2 Å². The van der Waals surface area contributed by atoms with E-state index >= 15 is 0 Å². The van der Waals surface area contributed by atoms with Crippen LogP contribution in [0.2, 0.25) is 0 Å². The SMILES string of the molecule is CC/C=C\C/C=C\C/C=C\C/C=C\C/C=C\C/C=C\CCCCCCCCCCCCCCCCC(=O)OCC(O)COP(=O)(O)OCC(O)COP(=O)(O)OCC(COC(=O)CCCCCCC/C=C\CCCCCC)OC(=O)CCCCCCC/C=C\CCCC. The second-order valence-corrected chi connectivity index (χ2v) is 27.3. The maximum atomic E-state index is 12.8. The fourth-order valence-electron chi connectivity index (χ4n) is 9.67. The number of allylic oxidation sites excluding steroid dienone is 16. The minimum atomic E-state index is -4.92. The van der Waals surface area contributed by atoms with Crippen molar-refractivity contribution >= 4 is 33.6 Å². The third-order valence-electron chi connectivity index (χ3n) is 15.3. The fraction of sp³-hybridized carbons (Fsp3) is 0.747. The highest BCUT2D eigenvalue weighted by molar-refractivity contribution is 7.47. The van der Waals surface area contributed by atoms with Gasteiger partial charge in [0.25, 0.3) is 0 Å². The monoisotopic (exact) mass is 1350 g/mol. The molecule has 538 valence electrons. The normalized spacial score (nSPS) is 14.7. The molecule has 5 atom stereocenters. The van der Waals surface area contributed by atoms with Crippen molar-refractivity contribution in [2.45, 2.75) is 322 Å². The van der Waals surface area contributed by atoms with Crippen molar-refractivity contribution in [3.63, 3.8) is 0 Å². The summed E-state index contributed by atoms with van der Waals surface area (Å²) in [5.74, 6) is -1.59. The Morgan fingerprint density at radius 1 is 0.312 bits per heavy atom. The summed E-state index contributed by atoms with van der Waals surface area (Å²) in [4.78, 5) is 58.3. The zero-order valence-electron chi connectivity index (χ0n) is 58.4. The van der Waals surface area contributed by atoms with Crippen LogP contribution in [-0.2, 0) is 55.8 Å². The standard InChI is InChI=1S/C75H132O16P2/c1-4-7-10-13-16-19-22-24-25-26-27-28-29-30-31-32-33-34-35-36-37-38-39-40-41-42-43-45-48-49-52-55-58-61-73(78)85-64-70(76)65-87-92(81,82)88-66-71(77)67-89-93(83,84)90-69-72(91-75(80)63-60-57-54-51-46-21-18-15-12-9-6-3)68-86-74(79)62-59-56-53-50-47-44-23-20-17-14-11-8-5-2/h7,10,15-16,18-20,23-25,27-28,30-31,33-34,70-72,76-77H,4-6,8-9,11-14,17,21-22,26,29,32,35-69H2,1-3H3,(H,81,82)(H,83,84)/b10-7-,18-15-,19-16-,23-20-,25-24-,28-27-,31-30-,34-33-. The smallest absolute Gasteiger partial charge is 0.463 e. The number of ether oxygens (including phenoxy) is 3. The lowest BCUT2D eigenvalue weighted by molar-refractivity contribution is -0.161. The number of aliphatic hydroxyl groups excluding tert-OH is 2. The Kier molecular flexibility index (Phi) is 65.8. The molecule has 0 aromatic rings. The molecule has 0 radical (unpaired) electrons. The van der Waals surface area contributed by atoms with Crippen LogP contribution in [0.4, 0.5) is 0 Å². The van der Waals surface area contributed by atoms with Gasteiger partial charge in [-0.15, -0.1) is 0 Å². The lowest BCUT2D eigenvalue weighted by Gasteiger charge is -2.21. The molecule has 4 N–H and O–H groups in total. The second kappa shape index (κ2) is 68.4. The number of carbonyl (C=O) groups excluding carboxylic acids is 3. The van der Waals surface area contributed by atoms with E-state index in [0.717, 1.165) is 141 Å². The number of rotatable bonds is 69. The van der Waals surface area contributed by atoms with Gasteiger partial charge >= 0.3 is 33.6 Å². The van der Waals surface area contributed by atoms with E-state index in [-0.39, 0.29) is 19.3 Å². The van der Waals surface area contributed by atoms with Gasteiger partial charge in [-0.2, -0.15) is 0 Å². The van der Waals surface area contributed by atoms with E-state index in [9.17, 15) is 43.5 Å². The van der Waals surface area contributed by atoms with Crippen LogP contribution in [0.1, 0.15) is 303 Å². The molecule has 0 aliphatic rings. The number of hydrogen-bond donors (Lipinski definition) is 4. The third-order valence-corrected chi connectivity index (χ3v) is 17.2. The molecule has 0 aliphatic carbocycles. The predicted molar refractivity (Wildman–Crippen MR) is 381 cm³/mol. The van der Waals surface area contributed by atoms with Gasteiger partial charge in [-0.3, -0.25) is 32.5 Å². The van der Waals surface area contributed by atoms with Gasteiger partial charge in [-0.25, -0.2) is 9.13 Å². The number of esters is 3. The molecule has 0 aromatic carbocycles. The zero-order valence-corrected chi connectivity index (χ0v) is 60.2. The maximum absolute atomic E-state index is 12.8. The van der Waals surface area contributed by atoms with Crippen molar-refractivity contribution in [1.82, 2.24) is 0 Å². The van der Waals surface area contributed by atoms with Gasteiger partial charge in [-0.1, -0.05) is 266 Å². The first-order valence-corrected chi connectivity index (χ1v) is 39.5.